The van der Waals surface area contributed by atoms with Crippen molar-refractivity contribution in [1.29, 1.82) is 0 Å². The van der Waals surface area contributed by atoms with Gasteiger partial charge in [0.2, 0.25) is 5.91 Å². The van der Waals surface area contributed by atoms with Crippen LogP contribution in [0.2, 0.25) is 0 Å². The van der Waals surface area contributed by atoms with E-state index < -0.39 is 17.9 Å². The van der Waals surface area contributed by atoms with Gasteiger partial charge in [-0.05, 0) is 30.0 Å². The van der Waals surface area contributed by atoms with Crippen molar-refractivity contribution in [2.75, 3.05) is 5.32 Å². The smallest absolute Gasteiger partial charge is 0.338 e. The molecule has 0 radical (unpaired) electrons. The van der Waals surface area contributed by atoms with E-state index in [4.69, 9.17) is 5.73 Å². The maximum Gasteiger partial charge on any atom is 0.338 e. The Morgan fingerprint density at radius 2 is 2.05 bits per heavy atom. The Morgan fingerprint density at radius 1 is 1.30 bits per heavy atom. The third-order valence-corrected chi connectivity index (χ3v) is 3.83. The highest BCUT2D eigenvalue weighted by atomic mass is 32.1. The molecule has 0 spiro atoms. The molecule has 0 bridgehead atoms. The zero-order valence-electron chi connectivity index (χ0n) is 10.8. The fraction of sp³-hybridized carbons (Fsp3) is 0.143. The summed E-state index contributed by atoms with van der Waals surface area (Å²) in [7, 11) is 0. The summed E-state index contributed by atoms with van der Waals surface area (Å²) in [6, 6.07) is 7.69. The number of aromatic carboxylic acids is 1. The molecule has 2 aromatic rings. The van der Waals surface area contributed by atoms with Gasteiger partial charge in [0.25, 0.3) is 0 Å². The number of benzene rings is 1. The fourth-order valence-corrected chi connectivity index (χ4v) is 2.59. The summed E-state index contributed by atoms with van der Waals surface area (Å²) in [6.07, 6.45) is 0. The average molecular weight is 290 g/mol. The Bertz CT molecular complexity index is 638. The van der Waals surface area contributed by atoms with Gasteiger partial charge in [0, 0.05) is 4.88 Å². The first kappa shape index (κ1) is 14.2. The number of hydrogen-bond donors (Lipinski definition) is 3. The molecule has 2 rings (SSSR count). The summed E-state index contributed by atoms with van der Waals surface area (Å²) in [6.45, 7) is 1.68. The molecule has 1 heterocycles. The van der Waals surface area contributed by atoms with Crippen LogP contribution < -0.4 is 11.1 Å². The van der Waals surface area contributed by atoms with E-state index in [1.807, 2.05) is 11.4 Å². The number of thiophene rings is 1. The zero-order chi connectivity index (χ0) is 14.7. The number of hydrogen-bond acceptors (Lipinski definition) is 4. The van der Waals surface area contributed by atoms with Gasteiger partial charge < -0.3 is 16.2 Å². The van der Waals surface area contributed by atoms with E-state index in [0.717, 1.165) is 4.88 Å². The van der Waals surface area contributed by atoms with Crippen molar-refractivity contribution in [1.82, 2.24) is 0 Å². The molecule has 1 aromatic heterocycles. The Morgan fingerprint density at radius 3 is 2.65 bits per heavy atom. The molecule has 0 saturated carbocycles. The number of carbonyl (C=O) groups excluding carboxylic acids is 1. The van der Waals surface area contributed by atoms with Gasteiger partial charge in [0.1, 0.15) is 6.04 Å². The molecule has 1 atom stereocenters. The third-order valence-electron chi connectivity index (χ3n) is 2.88. The summed E-state index contributed by atoms with van der Waals surface area (Å²) in [5.74, 6) is -1.51. The fourth-order valence-electron chi connectivity index (χ4n) is 1.86. The SMILES string of the molecule is Cc1cccc(NC(=O)C(N)c2cccs2)c1C(=O)O. The van der Waals surface area contributed by atoms with Gasteiger partial charge in [0.15, 0.2) is 0 Å². The predicted octanol–water partition coefficient (Wildman–Crippen LogP) is 2.39. The highest BCUT2D eigenvalue weighted by molar-refractivity contribution is 7.10. The molecule has 1 amide bonds. The molecule has 4 N–H and O–H groups in total. The number of anilines is 1. The van der Waals surface area contributed by atoms with Crippen LogP contribution in [0.4, 0.5) is 5.69 Å². The van der Waals surface area contributed by atoms with Crippen molar-refractivity contribution < 1.29 is 14.7 Å². The van der Waals surface area contributed by atoms with E-state index >= 15 is 0 Å². The third kappa shape index (κ3) is 2.87. The van der Waals surface area contributed by atoms with E-state index in [-0.39, 0.29) is 11.3 Å². The topological polar surface area (TPSA) is 92.4 Å². The van der Waals surface area contributed by atoms with Gasteiger partial charge in [-0.2, -0.15) is 0 Å². The lowest BCUT2D eigenvalue weighted by molar-refractivity contribution is -0.117. The molecule has 1 aromatic carbocycles. The highest BCUT2D eigenvalue weighted by Gasteiger charge is 2.20. The first-order chi connectivity index (χ1) is 9.50. The minimum Gasteiger partial charge on any atom is -0.478 e. The number of carboxylic acids is 1. The number of amides is 1. The number of nitrogens with two attached hydrogens (primary N) is 1. The van der Waals surface area contributed by atoms with Gasteiger partial charge in [0.05, 0.1) is 11.3 Å². The van der Waals surface area contributed by atoms with Crippen LogP contribution in [0.3, 0.4) is 0 Å². The Balaban J connectivity index is 2.24. The summed E-state index contributed by atoms with van der Waals surface area (Å²) in [4.78, 5) is 24.0. The van der Waals surface area contributed by atoms with Crippen LogP contribution in [0.25, 0.3) is 0 Å². The average Bonchev–Trinajstić information content (AvgIpc) is 2.91. The minimum absolute atomic E-state index is 0.0826. The summed E-state index contributed by atoms with van der Waals surface area (Å²) >= 11 is 1.38. The number of nitrogens with one attached hydrogen (secondary N) is 1. The van der Waals surface area contributed by atoms with E-state index in [1.54, 1.807) is 31.2 Å². The first-order valence-electron chi connectivity index (χ1n) is 5.93. The Kier molecular flexibility index (Phi) is 4.16. The predicted molar refractivity (Wildman–Crippen MR) is 78.0 cm³/mol. The van der Waals surface area contributed by atoms with Crippen molar-refractivity contribution in [2.24, 2.45) is 5.73 Å². The lowest BCUT2D eigenvalue weighted by Crippen LogP contribution is -2.27. The van der Waals surface area contributed by atoms with Crippen molar-refractivity contribution >= 4 is 28.9 Å². The molecule has 5 nitrogen and oxygen atoms in total. The van der Waals surface area contributed by atoms with Crippen LogP contribution in [-0.4, -0.2) is 17.0 Å². The highest BCUT2D eigenvalue weighted by Crippen LogP contribution is 2.22. The molecule has 0 fully saturated rings. The molecule has 104 valence electrons. The molecule has 1 unspecified atom stereocenters. The number of rotatable bonds is 4. The number of aryl methyl sites for hydroxylation is 1. The molecule has 20 heavy (non-hydrogen) atoms. The van der Waals surface area contributed by atoms with Crippen LogP contribution in [0, 0.1) is 6.92 Å². The van der Waals surface area contributed by atoms with E-state index in [0.29, 0.717) is 5.56 Å². The quantitative estimate of drug-likeness (QED) is 0.806. The first-order valence-corrected chi connectivity index (χ1v) is 6.81. The monoisotopic (exact) mass is 290 g/mol. The Labute approximate surface area is 120 Å². The van der Waals surface area contributed by atoms with E-state index in [9.17, 15) is 14.7 Å². The standard InChI is InChI=1S/C14H14N2O3S/c1-8-4-2-5-9(11(8)14(18)19)16-13(17)12(15)10-6-3-7-20-10/h2-7,12H,15H2,1H3,(H,16,17)(H,18,19). The molecular weight excluding hydrogens is 276 g/mol. The van der Waals surface area contributed by atoms with Gasteiger partial charge >= 0.3 is 5.97 Å². The number of carboxylic acid groups (broad SMARTS) is 1. The van der Waals surface area contributed by atoms with Crippen LogP contribution >= 0.6 is 11.3 Å². The van der Waals surface area contributed by atoms with Gasteiger partial charge in [-0.25, -0.2) is 4.79 Å². The van der Waals surface area contributed by atoms with Crippen molar-refractivity contribution in [3.8, 4) is 0 Å². The lowest BCUT2D eigenvalue weighted by atomic mass is 10.1. The second-order valence-electron chi connectivity index (χ2n) is 4.28. The molecule has 0 aliphatic heterocycles. The zero-order valence-corrected chi connectivity index (χ0v) is 11.6. The number of carbonyl (C=O) groups is 2. The minimum atomic E-state index is -1.08. The van der Waals surface area contributed by atoms with Crippen molar-refractivity contribution in [2.45, 2.75) is 13.0 Å². The molecule has 6 heteroatoms. The largest absolute Gasteiger partial charge is 0.478 e. The summed E-state index contributed by atoms with van der Waals surface area (Å²) in [5.41, 5.74) is 6.77. The maximum absolute atomic E-state index is 12.1. The van der Waals surface area contributed by atoms with E-state index in [2.05, 4.69) is 5.32 Å². The van der Waals surface area contributed by atoms with Gasteiger partial charge in [-0.1, -0.05) is 18.2 Å². The normalized spacial score (nSPS) is 11.9. The van der Waals surface area contributed by atoms with Crippen LogP contribution in [0.5, 0.6) is 0 Å². The van der Waals surface area contributed by atoms with Crippen LogP contribution in [0.15, 0.2) is 35.7 Å². The van der Waals surface area contributed by atoms with E-state index in [1.165, 1.54) is 11.3 Å². The molecule has 0 saturated heterocycles. The molecule has 0 aliphatic rings. The van der Waals surface area contributed by atoms with Crippen molar-refractivity contribution in [3.63, 3.8) is 0 Å². The molecular formula is C14H14N2O3S. The second kappa shape index (κ2) is 5.85. The lowest BCUT2D eigenvalue weighted by Gasteiger charge is -2.13. The summed E-state index contributed by atoms with van der Waals surface area (Å²) < 4.78 is 0. The summed E-state index contributed by atoms with van der Waals surface area (Å²) in [5, 5.41) is 13.6. The van der Waals surface area contributed by atoms with Crippen molar-refractivity contribution in [3.05, 3.63) is 51.7 Å². The molecule has 0 aliphatic carbocycles. The van der Waals surface area contributed by atoms with Crippen LogP contribution in [0.1, 0.15) is 26.8 Å². The second-order valence-corrected chi connectivity index (χ2v) is 5.26. The van der Waals surface area contributed by atoms with Gasteiger partial charge in [-0.15, -0.1) is 11.3 Å². The van der Waals surface area contributed by atoms with Gasteiger partial charge in [-0.3, -0.25) is 4.79 Å². The Hall–Kier alpha value is -2.18. The maximum atomic E-state index is 12.1. The van der Waals surface area contributed by atoms with Crippen LogP contribution in [-0.2, 0) is 4.79 Å².